The highest BCUT2D eigenvalue weighted by Crippen LogP contribution is 2.29. The first-order valence-corrected chi connectivity index (χ1v) is 9.78. The lowest BCUT2D eigenvalue weighted by Crippen LogP contribution is -2.33. The van der Waals surface area contributed by atoms with Crippen molar-refractivity contribution in [3.8, 4) is 0 Å². The topological polar surface area (TPSA) is 66.7 Å². The van der Waals surface area contributed by atoms with Gasteiger partial charge in [-0.25, -0.2) is 4.98 Å². The van der Waals surface area contributed by atoms with E-state index in [4.69, 9.17) is 17.2 Å². The van der Waals surface area contributed by atoms with Gasteiger partial charge >= 0.3 is 0 Å². The third kappa shape index (κ3) is 3.14. The summed E-state index contributed by atoms with van der Waals surface area (Å²) in [4.78, 5) is 32.6. The smallest absolute Gasteiger partial charge is 0.267 e. The third-order valence-electron chi connectivity index (χ3n) is 4.56. The van der Waals surface area contributed by atoms with Crippen LogP contribution in [0.5, 0.6) is 0 Å². The Morgan fingerprint density at radius 2 is 2.00 bits per heavy atom. The molecular formula is C18H18N4O2S2. The van der Waals surface area contributed by atoms with Gasteiger partial charge in [0.1, 0.15) is 15.8 Å². The fourth-order valence-corrected chi connectivity index (χ4v) is 4.30. The fraction of sp³-hybridized carbons (Fsp3) is 0.333. The molecule has 2 aromatic rings. The van der Waals surface area contributed by atoms with Crippen molar-refractivity contribution >= 4 is 51.7 Å². The van der Waals surface area contributed by atoms with Crippen molar-refractivity contribution < 1.29 is 4.79 Å². The maximum absolute atomic E-state index is 13.2. The van der Waals surface area contributed by atoms with E-state index < -0.39 is 0 Å². The number of carbonyl (C=O) groups excluding carboxylic acids is 1. The highest BCUT2D eigenvalue weighted by atomic mass is 32.2. The van der Waals surface area contributed by atoms with Crippen molar-refractivity contribution in [2.24, 2.45) is 0 Å². The Balaban J connectivity index is 1.94. The summed E-state index contributed by atoms with van der Waals surface area (Å²) < 4.78 is 1.95. The average molecular weight is 387 g/mol. The quantitative estimate of drug-likeness (QED) is 0.632. The number of carbonyl (C=O) groups is 1. The first-order chi connectivity index (χ1) is 12.5. The van der Waals surface area contributed by atoms with Crippen LogP contribution < -0.4 is 15.8 Å². The van der Waals surface area contributed by atoms with Crippen LogP contribution in [0.15, 0.2) is 28.0 Å². The molecule has 2 aliphatic rings. The van der Waals surface area contributed by atoms with E-state index in [0.29, 0.717) is 26.3 Å². The molecule has 0 aromatic carbocycles. The normalized spacial score (nSPS) is 19.4. The van der Waals surface area contributed by atoms with E-state index in [0.717, 1.165) is 31.5 Å². The molecule has 8 heteroatoms. The summed E-state index contributed by atoms with van der Waals surface area (Å²) in [6.07, 6.45) is 6.74. The number of thioether (sulfide) groups is 1. The number of nitrogens with one attached hydrogen (secondary N) is 1. The minimum absolute atomic E-state index is 0.169. The molecule has 0 bridgehead atoms. The Morgan fingerprint density at radius 1 is 1.23 bits per heavy atom. The van der Waals surface area contributed by atoms with Crippen LogP contribution in [0.1, 0.15) is 30.4 Å². The van der Waals surface area contributed by atoms with Gasteiger partial charge in [-0.05, 0) is 43.9 Å². The number of hydrogen-bond donors (Lipinski definition) is 1. The molecule has 6 nitrogen and oxygen atoms in total. The SMILES string of the molecule is Cc1ccc2nc(N3CCCCC3)c(C=C3SC(=S)NC3=O)c(=O)n2c1. The van der Waals surface area contributed by atoms with Gasteiger partial charge in [-0.1, -0.05) is 30.0 Å². The Hall–Kier alpha value is -2.19. The van der Waals surface area contributed by atoms with Crippen LogP contribution in [-0.4, -0.2) is 32.7 Å². The molecular weight excluding hydrogens is 368 g/mol. The molecule has 0 radical (unpaired) electrons. The number of anilines is 1. The first kappa shape index (κ1) is 17.2. The number of pyridine rings is 1. The summed E-state index contributed by atoms with van der Waals surface area (Å²) in [7, 11) is 0. The molecule has 1 amide bonds. The van der Waals surface area contributed by atoms with E-state index in [-0.39, 0.29) is 11.5 Å². The second kappa shape index (κ2) is 6.85. The van der Waals surface area contributed by atoms with Crippen molar-refractivity contribution in [1.82, 2.24) is 14.7 Å². The highest BCUT2D eigenvalue weighted by molar-refractivity contribution is 8.26. The molecule has 4 heterocycles. The average Bonchev–Trinajstić information content (AvgIpc) is 2.95. The van der Waals surface area contributed by atoms with Crippen LogP contribution in [0, 0.1) is 6.92 Å². The maximum Gasteiger partial charge on any atom is 0.267 e. The van der Waals surface area contributed by atoms with Gasteiger partial charge in [0, 0.05) is 19.3 Å². The van der Waals surface area contributed by atoms with Crippen molar-refractivity contribution in [3.63, 3.8) is 0 Å². The zero-order valence-corrected chi connectivity index (χ0v) is 16.0. The number of hydrogen-bond acceptors (Lipinski definition) is 6. The van der Waals surface area contributed by atoms with Gasteiger partial charge in [0.05, 0.1) is 10.5 Å². The molecule has 2 aliphatic heterocycles. The number of thiocarbonyl (C=S) groups is 1. The van der Waals surface area contributed by atoms with E-state index in [9.17, 15) is 9.59 Å². The van der Waals surface area contributed by atoms with Crippen LogP contribution in [0.3, 0.4) is 0 Å². The van der Waals surface area contributed by atoms with Gasteiger partial charge < -0.3 is 10.2 Å². The number of nitrogens with zero attached hydrogens (tertiary/aromatic N) is 3. The predicted molar refractivity (Wildman–Crippen MR) is 109 cm³/mol. The van der Waals surface area contributed by atoms with Crippen molar-refractivity contribution in [3.05, 3.63) is 44.7 Å². The number of piperidine rings is 1. The third-order valence-corrected chi connectivity index (χ3v) is 5.72. The zero-order chi connectivity index (χ0) is 18.3. The van der Waals surface area contributed by atoms with Gasteiger partial charge in [-0.3, -0.25) is 14.0 Å². The highest BCUT2D eigenvalue weighted by Gasteiger charge is 2.25. The van der Waals surface area contributed by atoms with E-state index in [2.05, 4.69) is 10.2 Å². The Labute approximate surface area is 160 Å². The summed E-state index contributed by atoms with van der Waals surface area (Å²) in [5, 5.41) is 2.60. The molecule has 2 fully saturated rings. The largest absolute Gasteiger partial charge is 0.356 e. The molecule has 0 aliphatic carbocycles. The molecule has 26 heavy (non-hydrogen) atoms. The maximum atomic E-state index is 13.2. The molecule has 2 saturated heterocycles. The van der Waals surface area contributed by atoms with Crippen molar-refractivity contribution in [2.75, 3.05) is 18.0 Å². The predicted octanol–water partition coefficient (Wildman–Crippen LogP) is 2.48. The molecule has 0 spiro atoms. The fourth-order valence-electron chi connectivity index (χ4n) is 3.27. The van der Waals surface area contributed by atoms with E-state index in [1.54, 1.807) is 16.7 Å². The van der Waals surface area contributed by atoms with Crippen LogP contribution in [0.4, 0.5) is 5.82 Å². The Bertz CT molecular complexity index is 1010. The minimum atomic E-state index is -0.265. The molecule has 4 rings (SSSR count). The van der Waals surface area contributed by atoms with Gasteiger partial charge in [0.25, 0.3) is 11.5 Å². The lowest BCUT2D eigenvalue weighted by molar-refractivity contribution is -0.115. The summed E-state index contributed by atoms with van der Waals surface area (Å²) >= 11 is 6.23. The molecule has 0 unspecified atom stereocenters. The summed E-state index contributed by atoms with van der Waals surface area (Å²) in [5.74, 6) is 0.385. The Kier molecular flexibility index (Phi) is 4.54. The van der Waals surface area contributed by atoms with E-state index in [1.165, 1.54) is 18.2 Å². The second-order valence-electron chi connectivity index (χ2n) is 6.49. The molecule has 0 atom stereocenters. The number of rotatable bonds is 2. The van der Waals surface area contributed by atoms with Gasteiger partial charge in [-0.2, -0.15) is 0 Å². The van der Waals surface area contributed by atoms with Crippen molar-refractivity contribution in [1.29, 1.82) is 0 Å². The van der Waals surface area contributed by atoms with Gasteiger partial charge in [0.2, 0.25) is 0 Å². The number of aromatic nitrogens is 2. The monoisotopic (exact) mass is 386 g/mol. The van der Waals surface area contributed by atoms with Crippen LogP contribution in [0.2, 0.25) is 0 Å². The van der Waals surface area contributed by atoms with Gasteiger partial charge in [0.15, 0.2) is 0 Å². The number of amides is 1. The molecule has 2 aromatic heterocycles. The lowest BCUT2D eigenvalue weighted by Gasteiger charge is -2.29. The molecule has 1 N–H and O–H groups in total. The lowest BCUT2D eigenvalue weighted by atomic mass is 10.1. The number of aryl methyl sites for hydroxylation is 1. The summed E-state index contributed by atoms with van der Waals surface area (Å²) in [6.45, 7) is 3.66. The van der Waals surface area contributed by atoms with E-state index >= 15 is 0 Å². The van der Waals surface area contributed by atoms with Crippen LogP contribution in [0.25, 0.3) is 11.7 Å². The van der Waals surface area contributed by atoms with Crippen molar-refractivity contribution in [2.45, 2.75) is 26.2 Å². The summed E-state index contributed by atoms with van der Waals surface area (Å²) in [5.41, 5.74) is 1.86. The van der Waals surface area contributed by atoms with Gasteiger partial charge in [-0.15, -0.1) is 0 Å². The van der Waals surface area contributed by atoms with Crippen LogP contribution in [-0.2, 0) is 4.79 Å². The number of fused-ring (bicyclic) bond motifs is 1. The van der Waals surface area contributed by atoms with E-state index in [1.807, 2.05) is 19.1 Å². The molecule has 134 valence electrons. The second-order valence-corrected chi connectivity index (χ2v) is 8.21. The first-order valence-electron chi connectivity index (χ1n) is 8.56. The standard InChI is InChI=1S/C18H18N4O2S2/c1-11-5-6-14-19-15(21-7-3-2-4-8-21)12(17(24)22(14)10-11)9-13-16(23)20-18(25)26-13/h5-6,9-10H,2-4,7-8H2,1H3,(H,20,23,25). The summed E-state index contributed by atoms with van der Waals surface area (Å²) in [6, 6.07) is 3.80. The zero-order valence-electron chi connectivity index (χ0n) is 14.3. The van der Waals surface area contributed by atoms with Crippen LogP contribution >= 0.6 is 24.0 Å². The molecule has 0 saturated carbocycles. The minimum Gasteiger partial charge on any atom is -0.356 e. The Morgan fingerprint density at radius 3 is 2.69 bits per heavy atom.